The van der Waals surface area contributed by atoms with Gasteiger partial charge in [-0.3, -0.25) is 4.90 Å². The second-order valence-electron chi connectivity index (χ2n) is 4.81. The molecule has 0 bridgehead atoms. The Morgan fingerprint density at radius 2 is 1.79 bits per heavy atom. The summed E-state index contributed by atoms with van der Waals surface area (Å²) in [6.45, 7) is 2.72. The van der Waals surface area contributed by atoms with Gasteiger partial charge in [0, 0.05) is 17.9 Å². The van der Waals surface area contributed by atoms with Crippen molar-refractivity contribution in [1.29, 1.82) is 0 Å². The molecule has 4 N–H and O–H groups in total. The van der Waals surface area contributed by atoms with Gasteiger partial charge in [-0.15, -0.1) is 0 Å². The molecule has 2 aromatic carbocycles. The van der Waals surface area contributed by atoms with Gasteiger partial charge in [0.25, 0.3) is 0 Å². The number of halogens is 2. The smallest absolute Gasteiger partial charge is 0.175 e. The maximum atomic E-state index is 6.10. The lowest BCUT2D eigenvalue weighted by Gasteiger charge is -2.24. The predicted molar refractivity (Wildman–Crippen MR) is 112 cm³/mol. The third kappa shape index (κ3) is 4.70. The van der Waals surface area contributed by atoms with Crippen LogP contribution in [0.2, 0.25) is 10.0 Å². The highest BCUT2D eigenvalue weighted by molar-refractivity contribution is 7.80. The molecule has 0 aromatic heterocycles. The minimum absolute atomic E-state index is 0.194. The van der Waals surface area contributed by atoms with Crippen molar-refractivity contribution in [3.05, 3.63) is 52.5 Å². The van der Waals surface area contributed by atoms with Crippen LogP contribution in [0.4, 0.5) is 17.1 Å². The maximum Gasteiger partial charge on any atom is 0.175 e. The van der Waals surface area contributed by atoms with E-state index in [1.165, 1.54) is 0 Å². The molecule has 0 saturated carbocycles. The lowest BCUT2D eigenvalue weighted by Crippen LogP contribution is -2.31. The highest BCUT2D eigenvalue weighted by Crippen LogP contribution is 2.32. The van der Waals surface area contributed by atoms with Gasteiger partial charge in [0.2, 0.25) is 0 Å². The molecule has 126 valence electrons. The van der Waals surface area contributed by atoms with Crippen molar-refractivity contribution >= 4 is 74.9 Å². The van der Waals surface area contributed by atoms with E-state index in [-0.39, 0.29) is 5.11 Å². The molecule has 0 saturated heterocycles. The number of anilines is 3. The van der Waals surface area contributed by atoms with Gasteiger partial charge >= 0.3 is 0 Å². The van der Waals surface area contributed by atoms with E-state index >= 15 is 0 Å². The molecule has 0 radical (unpaired) electrons. The highest BCUT2D eigenvalue weighted by Gasteiger charge is 2.14. The summed E-state index contributed by atoms with van der Waals surface area (Å²) in [5, 5.41) is 7.78. The minimum atomic E-state index is 0.194. The van der Waals surface area contributed by atoms with Crippen LogP contribution in [0.1, 0.15) is 6.92 Å². The largest absolute Gasteiger partial charge is 0.376 e. The molecule has 8 heteroatoms. The van der Waals surface area contributed by atoms with Gasteiger partial charge in [-0.25, -0.2) is 0 Å². The number of nitrogens with one attached hydrogen (secondary N) is 2. The minimum Gasteiger partial charge on any atom is -0.376 e. The van der Waals surface area contributed by atoms with Gasteiger partial charge in [-0.1, -0.05) is 29.3 Å². The molecule has 4 nitrogen and oxygen atoms in total. The Balaban J connectivity index is 2.36. The quantitative estimate of drug-likeness (QED) is 0.649. The van der Waals surface area contributed by atoms with Crippen molar-refractivity contribution in [3.8, 4) is 0 Å². The van der Waals surface area contributed by atoms with E-state index in [0.717, 1.165) is 23.6 Å². The van der Waals surface area contributed by atoms with Crippen LogP contribution in [-0.2, 0) is 0 Å². The van der Waals surface area contributed by atoms with E-state index in [2.05, 4.69) is 10.6 Å². The monoisotopic (exact) mass is 398 g/mol. The molecule has 0 aliphatic rings. The van der Waals surface area contributed by atoms with Crippen LogP contribution in [0.3, 0.4) is 0 Å². The number of thiocarbonyl (C=S) groups is 2. The van der Waals surface area contributed by atoms with E-state index in [4.69, 9.17) is 53.4 Å². The summed E-state index contributed by atoms with van der Waals surface area (Å²) in [5.41, 5.74) is 8.24. The highest BCUT2D eigenvalue weighted by atomic mass is 35.5. The molecule has 0 spiro atoms. The van der Waals surface area contributed by atoms with Crippen LogP contribution in [0, 0.1) is 0 Å². The summed E-state index contributed by atoms with van der Waals surface area (Å²) >= 11 is 22.5. The predicted octanol–water partition coefficient (Wildman–Crippen LogP) is 4.68. The summed E-state index contributed by atoms with van der Waals surface area (Å²) < 4.78 is 0. The SMILES string of the molecule is CCNC(=S)Nc1cccc(N(C(N)=S)c2ccc(Cl)c(Cl)c2)c1. The second kappa shape index (κ2) is 8.48. The Morgan fingerprint density at radius 1 is 1.08 bits per heavy atom. The Bertz CT molecular complexity index is 767. The van der Waals surface area contributed by atoms with Crippen molar-refractivity contribution in [2.75, 3.05) is 16.8 Å². The Morgan fingerprint density at radius 3 is 2.42 bits per heavy atom. The molecule has 2 aromatic rings. The molecule has 0 aliphatic carbocycles. The standard InChI is InChI=1S/C16H16Cl2N4S2/c1-2-20-16(24)21-10-4-3-5-11(8-10)22(15(19)23)12-6-7-13(17)14(18)9-12/h3-9H,2H2,1H3,(H2,19,23)(H2,20,21,24). The first kappa shape index (κ1) is 18.7. The maximum absolute atomic E-state index is 6.10. The van der Waals surface area contributed by atoms with Crippen LogP contribution in [0.15, 0.2) is 42.5 Å². The molecular formula is C16H16Cl2N4S2. The molecule has 0 fully saturated rings. The summed E-state index contributed by atoms with van der Waals surface area (Å²) in [4.78, 5) is 1.71. The molecular weight excluding hydrogens is 383 g/mol. The first-order chi connectivity index (χ1) is 11.4. The van der Waals surface area contributed by atoms with Crippen molar-refractivity contribution in [2.24, 2.45) is 5.73 Å². The number of nitrogens with zero attached hydrogens (tertiary/aromatic N) is 1. The summed E-state index contributed by atoms with van der Waals surface area (Å²) in [6.07, 6.45) is 0. The summed E-state index contributed by atoms with van der Waals surface area (Å²) in [5.74, 6) is 0. The van der Waals surface area contributed by atoms with Gasteiger partial charge in [-0.05, 0) is 67.8 Å². The zero-order valence-corrected chi connectivity index (χ0v) is 16.0. The van der Waals surface area contributed by atoms with E-state index in [0.29, 0.717) is 15.2 Å². The van der Waals surface area contributed by atoms with Crippen molar-refractivity contribution in [1.82, 2.24) is 5.32 Å². The molecule has 2 rings (SSSR count). The first-order valence-corrected chi connectivity index (χ1v) is 8.69. The van der Waals surface area contributed by atoms with Gasteiger partial charge in [0.1, 0.15) is 0 Å². The molecule has 0 atom stereocenters. The van der Waals surface area contributed by atoms with Crippen LogP contribution >= 0.6 is 47.6 Å². The van der Waals surface area contributed by atoms with E-state index in [9.17, 15) is 0 Å². The number of nitrogens with two attached hydrogens (primary N) is 1. The topological polar surface area (TPSA) is 53.3 Å². The fraction of sp³-hybridized carbons (Fsp3) is 0.125. The summed E-state index contributed by atoms with van der Waals surface area (Å²) in [6, 6.07) is 12.8. The molecule has 0 aliphatic heterocycles. The first-order valence-electron chi connectivity index (χ1n) is 7.12. The molecule has 24 heavy (non-hydrogen) atoms. The number of rotatable bonds is 4. The normalized spacial score (nSPS) is 10.1. The lowest BCUT2D eigenvalue weighted by atomic mass is 10.2. The van der Waals surface area contributed by atoms with Crippen LogP contribution in [0.5, 0.6) is 0 Å². The van der Waals surface area contributed by atoms with Crippen molar-refractivity contribution in [2.45, 2.75) is 6.92 Å². The van der Waals surface area contributed by atoms with E-state index in [1.54, 1.807) is 23.1 Å². The zero-order valence-electron chi connectivity index (χ0n) is 12.8. The number of benzene rings is 2. The summed E-state index contributed by atoms with van der Waals surface area (Å²) in [7, 11) is 0. The van der Waals surface area contributed by atoms with Crippen LogP contribution < -0.4 is 21.3 Å². The number of hydrogen-bond donors (Lipinski definition) is 3. The Kier molecular flexibility index (Phi) is 6.62. The molecule has 0 amide bonds. The van der Waals surface area contributed by atoms with Gasteiger partial charge in [0.05, 0.1) is 15.7 Å². The lowest BCUT2D eigenvalue weighted by molar-refractivity contribution is 0.979. The average molecular weight is 399 g/mol. The average Bonchev–Trinajstić information content (AvgIpc) is 2.51. The van der Waals surface area contributed by atoms with Crippen LogP contribution in [-0.4, -0.2) is 16.8 Å². The molecule has 0 heterocycles. The third-order valence-corrected chi connectivity index (χ3v) is 4.25. The van der Waals surface area contributed by atoms with Gasteiger partial charge < -0.3 is 16.4 Å². The Hall–Kier alpha value is -1.60. The fourth-order valence-corrected chi connectivity index (χ4v) is 2.85. The second-order valence-corrected chi connectivity index (χ2v) is 6.45. The van der Waals surface area contributed by atoms with Gasteiger partial charge in [0.15, 0.2) is 10.2 Å². The van der Waals surface area contributed by atoms with Gasteiger partial charge in [-0.2, -0.15) is 0 Å². The fourth-order valence-electron chi connectivity index (χ4n) is 2.09. The van der Waals surface area contributed by atoms with Crippen molar-refractivity contribution in [3.63, 3.8) is 0 Å². The molecule has 0 unspecified atom stereocenters. The Labute approximate surface area is 161 Å². The third-order valence-electron chi connectivity index (χ3n) is 3.08. The van der Waals surface area contributed by atoms with Crippen molar-refractivity contribution < 1.29 is 0 Å². The number of hydrogen-bond acceptors (Lipinski definition) is 2. The van der Waals surface area contributed by atoms with Crippen LogP contribution in [0.25, 0.3) is 0 Å². The van der Waals surface area contributed by atoms with E-state index < -0.39 is 0 Å². The zero-order chi connectivity index (χ0) is 17.7. The van der Waals surface area contributed by atoms with E-state index in [1.807, 2.05) is 31.2 Å².